The van der Waals surface area contributed by atoms with Gasteiger partial charge in [0.25, 0.3) is 0 Å². The monoisotopic (exact) mass is 273 g/mol. The maximum atomic E-state index is 5.88. The van der Waals surface area contributed by atoms with Gasteiger partial charge in [0, 0.05) is 11.6 Å². The Morgan fingerprint density at radius 2 is 2.16 bits per heavy atom. The van der Waals surface area contributed by atoms with E-state index < -0.39 is 0 Å². The average Bonchev–Trinajstić information content (AvgIpc) is 2.96. The molecule has 2 heterocycles. The molecule has 19 heavy (non-hydrogen) atoms. The Morgan fingerprint density at radius 1 is 1.32 bits per heavy atom. The summed E-state index contributed by atoms with van der Waals surface area (Å²) >= 11 is 1.61. The van der Waals surface area contributed by atoms with Crippen LogP contribution in [0.3, 0.4) is 0 Å². The molecule has 2 aromatic heterocycles. The summed E-state index contributed by atoms with van der Waals surface area (Å²) in [5.74, 6) is 6.48. The Hall–Kier alpha value is -1.69. The largest absolute Gasteiger partial charge is 0.459 e. The lowest BCUT2D eigenvalue weighted by Gasteiger charge is -2.09. The van der Waals surface area contributed by atoms with Crippen LogP contribution in [0.2, 0.25) is 0 Å². The Labute approximate surface area is 115 Å². The number of hydrogen-bond donors (Lipinski definition) is 2. The summed E-state index contributed by atoms with van der Waals surface area (Å²) in [5.41, 5.74) is 4.89. The standard InChI is InChI=1S/C14H15N3OS/c1-8-3-4-11-10(5-8)6-12(18-11)14(17-15)13-7-16-9(2)19-13/h3-7,14,17H,15H2,1-2H3. The normalized spacial score (nSPS) is 13.0. The van der Waals surface area contributed by atoms with Gasteiger partial charge in [0.1, 0.15) is 17.4 Å². The molecule has 5 heteroatoms. The average molecular weight is 273 g/mol. The van der Waals surface area contributed by atoms with Gasteiger partial charge in [-0.1, -0.05) is 11.6 Å². The second-order valence-corrected chi connectivity index (χ2v) is 5.84. The summed E-state index contributed by atoms with van der Waals surface area (Å²) in [5, 5.41) is 2.11. The number of hydrazine groups is 1. The number of furan rings is 1. The second-order valence-electron chi connectivity index (χ2n) is 4.57. The van der Waals surface area contributed by atoms with Crippen molar-refractivity contribution in [1.82, 2.24) is 10.4 Å². The number of fused-ring (bicyclic) bond motifs is 1. The van der Waals surface area contributed by atoms with Gasteiger partial charge in [-0.2, -0.15) is 0 Å². The number of nitrogens with two attached hydrogens (primary N) is 1. The van der Waals surface area contributed by atoms with Crippen LogP contribution in [0, 0.1) is 13.8 Å². The van der Waals surface area contributed by atoms with Gasteiger partial charge in [-0.3, -0.25) is 5.84 Å². The zero-order valence-electron chi connectivity index (χ0n) is 10.8. The zero-order valence-corrected chi connectivity index (χ0v) is 11.6. The van der Waals surface area contributed by atoms with Crippen molar-refractivity contribution in [2.24, 2.45) is 5.84 Å². The Balaban J connectivity index is 2.06. The van der Waals surface area contributed by atoms with Crippen LogP contribution in [-0.2, 0) is 0 Å². The van der Waals surface area contributed by atoms with Gasteiger partial charge in [0.2, 0.25) is 0 Å². The quantitative estimate of drug-likeness (QED) is 0.568. The van der Waals surface area contributed by atoms with Crippen LogP contribution in [-0.4, -0.2) is 4.98 Å². The summed E-state index contributed by atoms with van der Waals surface area (Å²) < 4.78 is 5.88. The third-order valence-corrected chi connectivity index (χ3v) is 4.04. The first-order valence-electron chi connectivity index (χ1n) is 6.06. The van der Waals surface area contributed by atoms with Crippen molar-refractivity contribution >= 4 is 22.3 Å². The van der Waals surface area contributed by atoms with Crippen molar-refractivity contribution in [2.75, 3.05) is 0 Å². The van der Waals surface area contributed by atoms with E-state index in [4.69, 9.17) is 10.3 Å². The molecular weight excluding hydrogens is 258 g/mol. The summed E-state index contributed by atoms with van der Waals surface area (Å²) in [6, 6.07) is 8.01. The van der Waals surface area contributed by atoms with Gasteiger partial charge in [-0.25, -0.2) is 10.4 Å². The SMILES string of the molecule is Cc1ccc2oc(C(NN)c3cnc(C)s3)cc2c1. The first-order chi connectivity index (χ1) is 9.17. The molecule has 0 aliphatic carbocycles. The third-order valence-electron chi connectivity index (χ3n) is 3.07. The van der Waals surface area contributed by atoms with Crippen LogP contribution in [0.4, 0.5) is 0 Å². The lowest BCUT2D eigenvalue weighted by molar-refractivity contribution is 0.481. The Kier molecular flexibility index (Phi) is 3.10. The van der Waals surface area contributed by atoms with E-state index in [1.807, 2.05) is 31.3 Å². The summed E-state index contributed by atoms with van der Waals surface area (Å²) in [4.78, 5) is 5.31. The zero-order chi connectivity index (χ0) is 13.4. The van der Waals surface area contributed by atoms with Crippen LogP contribution in [0.25, 0.3) is 11.0 Å². The predicted molar refractivity (Wildman–Crippen MR) is 77.0 cm³/mol. The fraction of sp³-hybridized carbons (Fsp3) is 0.214. The maximum absolute atomic E-state index is 5.88. The minimum Gasteiger partial charge on any atom is -0.459 e. The van der Waals surface area contributed by atoms with Crippen molar-refractivity contribution in [1.29, 1.82) is 0 Å². The second kappa shape index (κ2) is 4.77. The van der Waals surface area contributed by atoms with E-state index in [0.717, 1.165) is 26.6 Å². The number of aryl methyl sites for hydroxylation is 2. The van der Waals surface area contributed by atoms with E-state index in [0.29, 0.717) is 0 Å². The molecule has 0 aliphatic rings. The number of nitrogens with zero attached hydrogens (tertiary/aromatic N) is 1. The fourth-order valence-electron chi connectivity index (χ4n) is 2.14. The number of benzene rings is 1. The van der Waals surface area contributed by atoms with Crippen LogP contribution in [0.5, 0.6) is 0 Å². The third kappa shape index (κ3) is 2.28. The van der Waals surface area contributed by atoms with Gasteiger partial charge < -0.3 is 4.42 Å². The fourth-order valence-corrected chi connectivity index (χ4v) is 3.00. The Morgan fingerprint density at radius 3 is 2.84 bits per heavy atom. The van der Waals surface area contributed by atoms with E-state index in [9.17, 15) is 0 Å². The van der Waals surface area contributed by atoms with Gasteiger partial charge in [-0.05, 0) is 32.0 Å². The van der Waals surface area contributed by atoms with E-state index >= 15 is 0 Å². The van der Waals surface area contributed by atoms with Crippen LogP contribution in [0.1, 0.15) is 27.3 Å². The smallest absolute Gasteiger partial charge is 0.134 e. The molecule has 4 nitrogen and oxygen atoms in total. The predicted octanol–water partition coefficient (Wildman–Crippen LogP) is 3.06. The number of hydrogen-bond acceptors (Lipinski definition) is 5. The molecule has 0 bridgehead atoms. The molecule has 1 unspecified atom stereocenters. The molecule has 1 atom stereocenters. The molecule has 0 amide bonds. The number of nitrogens with one attached hydrogen (secondary N) is 1. The highest BCUT2D eigenvalue weighted by Crippen LogP contribution is 2.30. The van der Waals surface area contributed by atoms with E-state index in [1.54, 1.807) is 11.3 Å². The minimum atomic E-state index is -0.154. The molecule has 0 saturated carbocycles. The highest BCUT2D eigenvalue weighted by molar-refractivity contribution is 7.11. The van der Waals surface area contributed by atoms with Gasteiger partial charge in [0.05, 0.1) is 9.88 Å². The number of rotatable bonds is 3. The van der Waals surface area contributed by atoms with Crippen molar-refractivity contribution in [3.8, 4) is 0 Å². The minimum absolute atomic E-state index is 0.154. The van der Waals surface area contributed by atoms with E-state index in [1.165, 1.54) is 5.56 Å². The highest BCUT2D eigenvalue weighted by atomic mass is 32.1. The van der Waals surface area contributed by atoms with Crippen molar-refractivity contribution in [3.05, 3.63) is 51.7 Å². The first-order valence-corrected chi connectivity index (χ1v) is 6.87. The molecule has 0 saturated heterocycles. The van der Waals surface area contributed by atoms with E-state index in [2.05, 4.69) is 23.4 Å². The van der Waals surface area contributed by atoms with Gasteiger partial charge in [-0.15, -0.1) is 11.3 Å². The first kappa shape index (κ1) is 12.3. The summed E-state index contributed by atoms with van der Waals surface area (Å²) in [7, 11) is 0. The molecule has 3 aromatic rings. The van der Waals surface area contributed by atoms with Crippen molar-refractivity contribution in [3.63, 3.8) is 0 Å². The molecule has 1 aromatic carbocycles. The van der Waals surface area contributed by atoms with Crippen LogP contribution in [0.15, 0.2) is 34.9 Å². The summed E-state index contributed by atoms with van der Waals surface area (Å²) in [6.45, 7) is 4.04. The molecule has 0 aliphatic heterocycles. The molecular formula is C14H15N3OS. The molecule has 0 fully saturated rings. The Bertz CT molecular complexity index is 716. The highest BCUT2D eigenvalue weighted by Gasteiger charge is 2.19. The van der Waals surface area contributed by atoms with Gasteiger partial charge >= 0.3 is 0 Å². The van der Waals surface area contributed by atoms with Crippen LogP contribution < -0.4 is 11.3 Å². The summed E-state index contributed by atoms with van der Waals surface area (Å²) in [6.07, 6.45) is 1.84. The molecule has 3 N–H and O–H groups in total. The lowest BCUT2D eigenvalue weighted by Crippen LogP contribution is -2.27. The van der Waals surface area contributed by atoms with Crippen LogP contribution >= 0.6 is 11.3 Å². The van der Waals surface area contributed by atoms with Crippen molar-refractivity contribution < 1.29 is 4.42 Å². The van der Waals surface area contributed by atoms with Gasteiger partial charge in [0.15, 0.2) is 0 Å². The molecule has 98 valence electrons. The number of aromatic nitrogens is 1. The van der Waals surface area contributed by atoms with E-state index in [-0.39, 0.29) is 6.04 Å². The van der Waals surface area contributed by atoms with Crippen molar-refractivity contribution in [2.45, 2.75) is 19.9 Å². The molecule has 0 spiro atoms. The topological polar surface area (TPSA) is 64.1 Å². The maximum Gasteiger partial charge on any atom is 0.134 e. The molecule has 0 radical (unpaired) electrons. The number of thiazole rings is 1. The lowest BCUT2D eigenvalue weighted by atomic mass is 10.1. The molecule has 3 rings (SSSR count).